The first kappa shape index (κ1) is 12.7. The standard InChI is InChI=1S/C14H20ClNO/c1-9-7-10(2)14(13(16)8-9)17-12-5-3-11(15)4-6-12/h3-6,9-10,13-14H,7-8,16H2,1-2H3. The van der Waals surface area contributed by atoms with Gasteiger partial charge in [-0.25, -0.2) is 0 Å². The molecule has 0 bridgehead atoms. The second-order valence-electron chi connectivity index (χ2n) is 5.25. The molecule has 1 aliphatic rings. The predicted octanol–water partition coefficient (Wildman–Crippen LogP) is 3.48. The largest absolute Gasteiger partial charge is 0.489 e. The minimum absolute atomic E-state index is 0.118. The van der Waals surface area contributed by atoms with Gasteiger partial charge >= 0.3 is 0 Å². The smallest absolute Gasteiger partial charge is 0.119 e. The van der Waals surface area contributed by atoms with Crippen molar-refractivity contribution >= 4 is 11.6 Å². The minimum atomic E-state index is 0.118. The molecule has 0 amide bonds. The van der Waals surface area contributed by atoms with Gasteiger partial charge in [-0.1, -0.05) is 25.4 Å². The Morgan fingerprint density at radius 2 is 1.82 bits per heavy atom. The predicted molar refractivity (Wildman–Crippen MR) is 71.4 cm³/mol. The van der Waals surface area contributed by atoms with E-state index in [2.05, 4.69) is 13.8 Å². The molecule has 1 aliphatic carbocycles. The monoisotopic (exact) mass is 253 g/mol. The quantitative estimate of drug-likeness (QED) is 0.876. The van der Waals surface area contributed by atoms with Crippen LogP contribution in [-0.2, 0) is 0 Å². The lowest BCUT2D eigenvalue weighted by molar-refractivity contribution is 0.0626. The number of nitrogens with two attached hydrogens (primary N) is 1. The van der Waals surface area contributed by atoms with Crippen molar-refractivity contribution in [1.82, 2.24) is 0 Å². The summed E-state index contributed by atoms with van der Waals surface area (Å²) in [5.41, 5.74) is 6.19. The molecule has 1 aromatic rings. The SMILES string of the molecule is CC1CC(C)C(Oc2ccc(Cl)cc2)C(N)C1. The van der Waals surface area contributed by atoms with Crippen LogP contribution in [0, 0.1) is 11.8 Å². The second kappa shape index (κ2) is 5.28. The Kier molecular flexibility index (Phi) is 3.95. The van der Waals surface area contributed by atoms with E-state index in [4.69, 9.17) is 22.1 Å². The number of halogens is 1. The van der Waals surface area contributed by atoms with Gasteiger partial charge in [0.15, 0.2) is 0 Å². The molecule has 4 atom stereocenters. The summed E-state index contributed by atoms with van der Waals surface area (Å²) < 4.78 is 6.00. The van der Waals surface area contributed by atoms with E-state index in [-0.39, 0.29) is 12.1 Å². The average Bonchev–Trinajstić information content (AvgIpc) is 2.26. The van der Waals surface area contributed by atoms with Crippen LogP contribution >= 0.6 is 11.6 Å². The van der Waals surface area contributed by atoms with Crippen molar-refractivity contribution in [2.75, 3.05) is 0 Å². The molecule has 1 fully saturated rings. The van der Waals surface area contributed by atoms with Crippen molar-refractivity contribution in [2.24, 2.45) is 17.6 Å². The highest BCUT2D eigenvalue weighted by Crippen LogP contribution is 2.31. The van der Waals surface area contributed by atoms with E-state index >= 15 is 0 Å². The van der Waals surface area contributed by atoms with Crippen LogP contribution in [0.5, 0.6) is 5.75 Å². The zero-order valence-electron chi connectivity index (χ0n) is 10.4. The lowest BCUT2D eigenvalue weighted by atomic mass is 9.78. The highest BCUT2D eigenvalue weighted by atomic mass is 35.5. The van der Waals surface area contributed by atoms with E-state index in [1.54, 1.807) is 0 Å². The van der Waals surface area contributed by atoms with Crippen molar-refractivity contribution in [2.45, 2.75) is 38.8 Å². The summed E-state index contributed by atoms with van der Waals surface area (Å²) in [6, 6.07) is 7.63. The fraction of sp³-hybridized carbons (Fsp3) is 0.571. The van der Waals surface area contributed by atoms with Crippen molar-refractivity contribution < 1.29 is 4.74 Å². The van der Waals surface area contributed by atoms with Crippen LogP contribution in [-0.4, -0.2) is 12.1 Å². The maximum atomic E-state index is 6.19. The summed E-state index contributed by atoms with van der Waals surface area (Å²) in [5, 5.41) is 0.729. The van der Waals surface area contributed by atoms with Crippen LogP contribution in [0.4, 0.5) is 0 Å². The number of hydrogen-bond donors (Lipinski definition) is 1. The maximum Gasteiger partial charge on any atom is 0.119 e. The molecule has 0 heterocycles. The molecular formula is C14H20ClNO. The third-order valence-electron chi connectivity index (χ3n) is 3.52. The molecule has 0 aliphatic heterocycles. The van der Waals surface area contributed by atoms with Gasteiger partial charge in [0, 0.05) is 11.1 Å². The Labute approximate surface area is 108 Å². The molecule has 0 aromatic heterocycles. The molecule has 0 spiro atoms. The van der Waals surface area contributed by atoms with E-state index in [0.717, 1.165) is 17.2 Å². The average molecular weight is 254 g/mol. The first-order valence-corrected chi connectivity index (χ1v) is 6.62. The van der Waals surface area contributed by atoms with Crippen LogP contribution in [0.1, 0.15) is 26.7 Å². The Bertz CT molecular complexity index is 353. The third kappa shape index (κ3) is 3.14. The highest BCUT2D eigenvalue weighted by molar-refractivity contribution is 6.30. The lowest BCUT2D eigenvalue weighted by Crippen LogP contribution is -2.48. The number of benzene rings is 1. The number of hydrogen-bond acceptors (Lipinski definition) is 2. The molecule has 2 rings (SSSR count). The number of ether oxygens (including phenoxy) is 1. The molecule has 17 heavy (non-hydrogen) atoms. The Morgan fingerprint density at radius 3 is 2.41 bits per heavy atom. The van der Waals surface area contributed by atoms with Crippen LogP contribution < -0.4 is 10.5 Å². The molecule has 0 radical (unpaired) electrons. The molecular weight excluding hydrogens is 234 g/mol. The molecule has 3 heteroatoms. The van der Waals surface area contributed by atoms with E-state index in [1.807, 2.05) is 24.3 Å². The van der Waals surface area contributed by atoms with Gasteiger partial charge < -0.3 is 10.5 Å². The first-order chi connectivity index (χ1) is 8.06. The highest BCUT2D eigenvalue weighted by Gasteiger charge is 2.33. The van der Waals surface area contributed by atoms with Gasteiger partial charge in [0.2, 0.25) is 0 Å². The fourth-order valence-corrected chi connectivity index (χ4v) is 2.89. The van der Waals surface area contributed by atoms with Gasteiger partial charge in [-0.3, -0.25) is 0 Å². The van der Waals surface area contributed by atoms with Crippen molar-refractivity contribution in [1.29, 1.82) is 0 Å². The molecule has 1 aromatic carbocycles. The van der Waals surface area contributed by atoms with Crippen LogP contribution in [0.2, 0.25) is 5.02 Å². The van der Waals surface area contributed by atoms with Crippen molar-refractivity contribution in [3.8, 4) is 5.75 Å². The van der Waals surface area contributed by atoms with Crippen LogP contribution in [0.3, 0.4) is 0 Å². The van der Waals surface area contributed by atoms with Gasteiger partial charge in [-0.2, -0.15) is 0 Å². The lowest BCUT2D eigenvalue weighted by Gasteiger charge is -2.37. The fourth-order valence-electron chi connectivity index (χ4n) is 2.76. The second-order valence-corrected chi connectivity index (χ2v) is 5.69. The molecule has 4 unspecified atom stereocenters. The zero-order valence-corrected chi connectivity index (χ0v) is 11.2. The molecule has 2 nitrogen and oxygen atoms in total. The van der Waals surface area contributed by atoms with Gasteiger partial charge in [-0.05, 0) is 48.9 Å². The van der Waals surface area contributed by atoms with Gasteiger partial charge in [0.1, 0.15) is 11.9 Å². The number of rotatable bonds is 2. The van der Waals surface area contributed by atoms with Crippen molar-refractivity contribution in [3.05, 3.63) is 29.3 Å². The Balaban J connectivity index is 2.04. The van der Waals surface area contributed by atoms with Gasteiger partial charge in [0.05, 0.1) is 0 Å². The van der Waals surface area contributed by atoms with Gasteiger partial charge in [0.25, 0.3) is 0 Å². The van der Waals surface area contributed by atoms with Crippen molar-refractivity contribution in [3.63, 3.8) is 0 Å². The maximum absolute atomic E-state index is 6.19. The Morgan fingerprint density at radius 1 is 1.18 bits per heavy atom. The molecule has 2 N–H and O–H groups in total. The van der Waals surface area contributed by atoms with Crippen LogP contribution in [0.25, 0.3) is 0 Å². The van der Waals surface area contributed by atoms with E-state index in [0.29, 0.717) is 11.8 Å². The molecule has 0 saturated heterocycles. The summed E-state index contributed by atoms with van der Waals surface area (Å²) in [6.07, 6.45) is 2.35. The summed E-state index contributed by atoms with van der Waals surface area (Å²) in [5.74, 6) is 2.06. The molecule has 94 valence electrons. The van der Waals surface area contributed by atoms with E-state index in [1.165, 1.54) is 6.42 Å². The van der Waals surface area contributed by atoms with Crippen LogP contribution in [0.15, 0.2) is 24.3 Å². The van der Waals surface area contributed by atoms with E-state index in [9.17, 15) is 0 Å². The summed E-state index contributed by atoms with van der Waals surface area (Å²) in [4.78, 5) is 0. The first-order valence-electron chi connectivity index (χ1n) is 6.24. The summed E-state index contributed by atoms with van der Waals surface area (Å²) in [6.45, 7) is 4.48. The topological polar surface area (TPSA) is 35.2 Å². The summed E-state index contributed by atoms with van der Waals surface area (Å²) >= 11 is 5.85. The zero-order chi connectivity index (χ0) is 12.4. The van der Waals surface area contributed by atoms with E-state index < -0.39 is 0 Å². The molecule has 1 saturated carbocycles. The third-order valence-corrected chi connectivity index (χ3v) is 3.77. The normalized spacial score (nSPS) is 33.4. The van der Waals surface area contributed by atoms with Gasteiger partial charge in [-0.15, -0.1) is 0 Å². The Hall–Kier alpha value is -0.730. The minimum Gasteiger partial charge on any atom is -0.489 e. The summed E-state index contributed by atoms with van der Waals surface area (Å²) in [7, 11) is 0.